The maximum absolute atomic E-state index is 10.6. The predicted octanol–water partition coefficient (Wildman–Crippen LogP) is 2.69. The van der Waals surface area contributed by atoms with Crippen LogP contribution < -0.4 is 5.73 Å². The van der Waals surface area contributed by atoms with Crippen molar-refractivity contribution >= 4 is 13.4 Å². The summed E-state index contributed by atoms with van der Waals surface area (Å²) in [6.07, 6.45) is 3.81. The molecule has 0 aliphatic carbocycles. The molecule has 4 heteroatoms. The number of aliphatic hydroxyl groups excluding tert-OH is 1. The normalized spacial score (nSPS) is 17.4. The van der Waals surface area contributed by atoms with Gasteiger partial charge in [-0.3, -0.25) is 0 Å². The molecule has 3 atom stereocenters. The van der Waals surface area contributed by atoms with Crippen LogP contribution in [0.5, 0.6) is 0 Å². The number of aliphatic hydroxyl groups is 1. The van der Waals surface area contributed by atoms with Crippen LogP contribution in [0.1, 0.15) is 22.8 Å². The highest BCUT2D eigenvalue weighted by atomic mass is 31.2. The van der Waals surface area contributed by atoms with Crippen LogP contribution in [0.2, 0.25) is 0 Å². The van der Waals surface area contributed by atoms with Crippen molar-refractivity contribution in [2.24, 2.45) is 5.73 Å². The molecule has 0 radical (unpaired) electrons. The molecule has 0 bridgehead atoms. The van der Waals surface area contributed by atoms with E-state index in [0.29, 0.717) is 5.56 Å². The quantitative estimate of drug-likeness (QED) is 0.752. The molecule has 100 valence electrons. The van der Waals surface area contributed by atoms with Crippen LogP contribution >= 0.6 is 7.11 Å². The third kappa shape index (κ3) is 2.96. The van der Waals surface area contributed by atoms with Crippen molar-refractivity contribution in [3.05, 3.63) is 71.8 Å². The average molecular weight is 275 g/mol. The number of rotatable bonds is 4. The van der Waals surface area contributed by atoms with Gasteiger partial charge < -0.3 is 15.7 Å². The first-order valence-electron chi connectivity index (χ1n) is 6.02. The summed E-state index contributed by atoms with van der Waals surface area (Å²) >= 11 is 0. The van der Waals surface area contributed by atoms with Crippen LogP contribution in [0.15, 0.2) is 60.7 Å². The van der Waals surface area contributed by atoms with E-state index in [0.717, 1.165) is 5.56 Å². The Kier molecular flexibility index (Phi) is 4.23. The summed E-state index contributed by atoms with van der Waals surface area (Å²) in [5.41, 5.74) is 7.51. The Morgan fingerprint density at radius 3 is 1.79 bits per heavy atom. The second-order valence-corrected chi connectivity index (χ2v) is 7.35. The van der Waals surface area contributed by atoms with E-state index in [-0.39, 0.29) is 0 Å². The third-order valence-electron chi connectivity index (χ3n) is 3.14. The highest BCUT2D eigenvalue weighted by molar-refractivity contribution is 7.68. The van der Waals surface area contributed by atoms with Crippen LogP contribution in [-0.4, -0.2) is 16.3 Å². The Bertz CT molecular complexity index is 522. The molecule has 19 heavy (non-hydrogen) atoms. The SMILES string of the molecule is C=P(O)([C@H](N)c1ccccc1)[C@@H](O)c1ccccc1. The minimum Gasteiger partial charge on any atom is -0.382 e. The molecule has 0 heterocycles. The van der Waals surface area contributed by atoms with Gasteiger partial charge >= 0.3 is 0 Å². The zero-order valence-electron chi connectivity index (χ0n) is 10.6. The highest BCUT2D eigenvalue weighted by Gasteiger charge is 2.30. The van der Waals surface area contributed by atoms with Crippen molar-refractivity contribution < 1.29 is 10.00 Å². The fourth-order valence-corrected chi connectivity index (χ4v) is 3.62. The monoisotopic (exact) mass is 275 g/mol. The number of nitrogens with two attached hydrogens (primary N) is 1. The van der Waals surface area contributed by atoms with E-state index in [1.807, 2.05) is 48.5 Å². The molecule has 2 aromatic rings. The Morgan fingerprint density at radius 1 is 0.895 bits per heavy atom. The molecular formula is C15H18NO2P. The van der Waals surface area contributed by atoms with Crippen molar-refractivity contribution in [3.63, 3.8) is 0 Å². The van der Waals surface area contributed by atoms with E-state index in [1.54, 1.807) is 12.1 Å². The Labute approximate surface area is 113 Å². The molecule has 0 aromatic heterocycles. The van der Waals surface area contributed by atoms with Gasteiger partial charge in [0, 0.05) is 7.11 Å². The van der Waals surface area contributed by atoms with E-state index < -0.39 is 18.7 Å². The topological polar surface area (TPSA) is 66.5 Å². The zero-order chi connectivity index (χ0) is 13.9. The lowest BCUT2D eigenvalue weighted by Gasteiger charge is -2.30. The summed E-state index contributed by atoms with van der Waals surface area (Å²) in [5.74, 6) is -1.70. The molecule has 4 N–H and O–H groups in total. The van der Waals surface area contributed by atoms with Gasteiger partial charge in [0.25, 0.3) is 0 Å². The minimum absolute atomic E-state index is 0.639. The third-order valence-corrected chi connectivity index (χ3v) is 5.55. The van der Waals surface area contributed by atoms with Gasteiger partial charge in [-0.25, -0.2) is 0 Å². The second-order valence-electron chi connectivity index (χ2n) is 4.53. The first-order valence-corrected chi connectivity index (χ1v) is 8.09. The lowest BCUT2D eigenvalue weighted by molar-refractivity contribution is 0.248. The van der Waals surface area contributed by atoms with Crippen LogP contribution in [0.25, 0.3) is 0 Å². The first kappa shape index (κ1) is 14.0. The zero-order valence-corrected chi connectivity index (χ0v) is 11.4. The molecule has 2 aromatic carbocycles. The van der Waals surface area contributed by atoms with E-state index in [4.69, 9.17) is 5.73 Å². The molecule has 2 rings (SSSR count). The van der Waals surface area contributed by atoms with E-state index >= 15 is 0 Å². The second kappa shape index (κ2) is 5.72. The maximum Gasteiger partial charge on any atom is 0.122 e. The maximum atomic E-state index is 10.6. The molecule has 0 amide bonds. The van der Waals surface area contributed by atoms with Crippen LogP contribution in [0.3, 0.4) is 0 Å². The lowest BCUT2D eigenvalue weighted by atomic mass is 10.2. The van der Waals surface area contributed by atoms with Crippen molar-refractivity contribution in [3.8, 4) is 0 Å². The molecule has 0 fully saturated rings. The van der Waals surface area contributed by atoms with Gasteiger partial charge in [-0.15, -0.1) is 0 Å². The first-order chi connectivity index (χ1) is 9.03. The number of benzene rings is 2. The largest absolute Gasteiger partial charge is 0.382 e. The summed E-state index contributed by atoms with van der Waals surface area (Å²) in [6.45, 7) is 0. The van der Waals surface area contributed by atoms with Crippen LogP contribution in [-0.2, 0) is 0 Å². The van der Waals surface area contributed by atoms with Gasteiger partial charge in [0.2, 0.25) is 0 Å². The fraction of sp³-hybridized carbons (Fsp3) is 0.133. The molecule has 0 saturated carbocycles. The highest BCUT2D eigenvalue weighted by Crippen LogP contribution is 2.61. The summed E-state index contributed by atoms with van der Waals surface area (Å²) < 4.78 is 0. The summed E-state index contributed by atoms with van der Waals surface area (Å²) in [5, 5.41) is 10.3. The summed E-state index contributed by atoms with van der Waals surface area (Å²) in [4.78, 5) is 10.6. The molecular weight excluding hydrogens is 257 g/mol. The van der Waals surface area contributed by atoms with Gasteiger partial charge in [-0.05, 0) is 11.1 Å². The molecule has 0 aliphatic rings. The molecule has 0 aliphatic heterocycles. The molecule has 0 spiro atoms. The van der Waals surface area contributed by atoms with Crippen LogP contribution in [0, 0.1) is 0 Å². The van der Waals surface area contributed by atoms with Gasteiger partial charge in [0.1, 0.15) is 5.85 Å². The van der Waals surface area contributed by atoms with Gasteiger partial charge in [-0.1, -0.05) is 67.0 Å². The predicted molar refractivity (Wildman–Crippen MR) is 81.0 cm³/mol. The molecule has 1 unspecified atom stereocenters. The summed E-state index contributed by atoms with van der Waals surface area (Å²) in [7, 11) is -2.99. The summed E-state index contributed by atoms with van der Waals surface area (Å²) in [6, 6.07) is 18.2. The average Bonchev–Trinajstić information content (AvgIpc) is 2.47. The number of hydrogen-bond acceptors (Lipinski definition) is 3. The van der Waals surface area contributed by atoms with Crippen molar-refractivity contribution in [1.29, 1.82) is 0 Å². The van der Waals surface area contributed by atoms with E-state index in [1.165, 1.54) is 0 Å². The van der Waals surface area contributed by atoms with Gasteiger partial charge in [0.05, 0.1) is 5.78 Å². The lowest BCUT2D eigenvalue weighted by Crippen LogP contribution is -2.15. The molecule has 0 saturated heterocycles. The Balaban J connectivity index is 2.30. The van der Waals surface area contributed by atoms with Crippen molar-refractivity contribution in [2.45, 2.75) is 11.6 Å². The smallest absolute Gasteiger partial charge is 0.122 e. The van der Waals surface area contributed by atoms with E-state index in [9.17, 15) is 10.00 Å². The standard InChI is InChI=1S/C15H18NO2P/c1-19(18,14(16)12-8-4-2-5-9-12)15(17)13-10-6-3-7-11-13/h2-11,14-15,17-18H,1,16H2/t14-,15+,19?/m0/s1. The van der Waals surface area contributed by atoms with Gasteiger partial charge in [-0.2, -0.15) is 0 Å². The Hall–Kier alpha value is -1.38. The molecule has 3 nitrogen and oxygen atoms in total. The van der Waals surface area contributed by atoms with Crippen molar-refractivity contribution in [2.75, 3.05) is 0 Å². The van der Waals surface area contributed by atoms with E-state index in [2.05, 4.69) is 6.30 Å². The van der Waals surface area contributed by atoms with Crippen molar-refractivity contribution in [1.82, 2.24) is 0 Å². The Morgan fingerprint density at radius 2 is 1.32 bits per heavy atom. The minimum atomic E-state index is -2.99. The fourth-order valence-electron chi connectivity index (χ4n) is 1.94. The van der Waals surface area contributed by atoms with Crippen LogP contribution in [0.4, 0.5) is 0 Å². The number of hydrogen-bond donors (Lipinski definition) is 3. The van der Waals surface area contributed by atoms with Gasteiger partial charge in [0.15, 0.2) is 0 Å².